The molecular formula is C25H23F4N3O5. The Hall–Kier alpha value is -4.22. The number of anilines is 1. The molecule has 1 aliphatic rings. The van der Waals surface area contributed by atoms with Crippen molar-refractivity contribution >= 4 is 34.9 Å². The maximum absolute atomic E-state index is 12.8. The molecule has 4 rings (SSSR count). The smallest absolute Gasteiger partial charge is 0.463 e. The number of rotatable bonds is 6. The van der Waals surface area contributed by atoms with Crippen molar-refractivity contribution in [1.29, 1.82) is 0 Å². The fourth-order valence-electron chi connectivity index (χ4n) is 3.78. The Morgan fingerprint density at radius 2 is 1.92 bits per heavy atom. The van der Waals surface area contributed by atoms with E-state index in [1.807, 2.05) is 31.2 Å². The van der Waals surface area contributed by atoms with Gasteiger partial charge in [0.1, 0.15) is 18.2 Å². The largest absolute Gasteiger partial charge is 0.573 e. The fourth-order valence-corrected chi connectivity index (χ4v) is 3.78. The molecule has 12 heteroatoms. The molecule has 0 saturated carbocycles. The number of fused-ring (bicyclic) bond motifs is 1. The van der Waals surface area contributed by atoms with Gasteiger partial charge in [-0.3, -0.25) is 24.7 Å². The number of amides is 2. The summed E-state index contributed by atoms with van der Waals surface area (Å²) in [6.45, 7) is 2.47. The van der Waals surface area contributed by atoms with Crippen molar-refractivity contribution in [1.82, 2.24) is 10.3 Å². The molecule has 196 valence electrons. The molecule has 2 N–H and O–H groups in total. The third kappa shape index (κ3) is 7.38. The highest BCUT2D eigenvalue weighted by Crippen LogP contribution is 2.30. The van der Waals surface area contributed by atoms with Crippen molar-refractivity contribution < 1.29 is 41.4 Å². The average molecular weight is 521 g/mol. The second kappa shape index (κ2) is 11.7. The van der Waals surface area contributed by atoms with E-state index in [0.29, 0.717) is 19.3 Å². The van der Waals surface area contributed by atoms with Gasteiger partial charge in [0, 0.05) is 30.6 Å². The molecule has 1 saturated heterocycles. The van der Waals surface area contributed by atoms with Crippen molar-refractivity contribution in [3.05, 3.63) is 65.1 Å². The summed E-state index contributed by atoms with van der Waals surface area (Å²) in [5, 5.41) is 5.69. The molecule has 8 nitrogen and oxygen atoms in total. The third-order valence-corrected chi connectivity index (χ3v) is 5.49. The highest BCUT2D eigenvalue weighted by molar-refractivity contribution is 6.01. The molecule has 3 aromatic rings. The monoisotopic (exact) mass is 521 g/mol. The molecule has 1 aromatic heterocycles. The van der Waals surface area contributed by atoms with Crippen LogP contribution in [-0.2, 0) is 25.7 Å². The number of carbonyl (C=O) groups is 3. The topological polar surface area (TPSA) is 107 Å². The van der Waals surface area contributed by atoms with Gasteiger partial charge < -0.3 is 14.8 Å². The van der Waals surface area contributed by atoms with Crippen LogP contribution >= 0.6 is 0 Å². The van der Waals surface area contributed by atoms with Gasteiger partial charge in [0.05, 0.1) is 17.1 Å². The van der Waals surface area contributed by atoms with E-state index in [4.69, 9.17) is 4.74 Å². The zero-order chi connectivity index (χ0) is 27.2. The third-order valence-electron chi connectivity index (χ3n) is 5.49. The first-order chi connectivity index (χ1) is 17.5. The van der Waals surface area contributed by atoms with E-state index in [1.165, 1.54) is 7.05 Å². The Bertz CT molecular complexity index is 1310. The molecule has 37 heavy (non-hydrogen) atoms. The van der Waals surface area contributed by atoms with Gasteiger partial charge in [-0.2, -0.15) is 0 Å². The lowest BCUT2D eigenvalue weighted by Gasteiger charge is -2.22. The summed E-state index contributed by atoms with van der Waals surface area (Å²) in [4.78, 5) is 38.2. The number of ether oxygens (including phenoxy) is 2. The molecule has 1 aliphatic heterocycles. The number of hydrogen-bond acceptors (Lipinski definition) is 7. The van der Waals surface area contributed by atoms with Gasteiger partial charge in [0.2, 0.25) is 11.8 Å². The van der Waals surface area contributed by atoms with Crippen LogP contribution in [0.1, 0.15) is 35.6 Å². The van der Waals surface area contributed by atoms with Crippen molar-refractivity contribution in [3.8, 4) is 5.75 Å². The summed E-state index contributed by atoms with van der Waals surface area (Å²) in [7, 11) is 1.40. The molecule has 2 aromatic carbocycles. The lowest BCUT2D eigenvalue weighted by atomic mass is 9.89. The van der Waals surface area contributed by atoms with Gasteiger partial charge in [-0.15, -0.1) is 13.2 Å². The number of nitrogens with zero attached hydrogens (tertiary/aromatic N) is 1. The first-order valence-corrected chi connectivity index (χ1v) is 11.0. The van der Waals surface area contributed by atoms with Crippen LogP contribution in [0, 0.1) is 12.7 Å². The molecule has 2 amide bonds. The van der Waals surface area contributed by atoms with Crippen LogP contribution in [0.2, 0.25) is 0 Å². The van der Waals surface area contributed by atoms with Crippen LogP contribution in [0.4, 0.5) is 23.2 Å². The number of piperidine rings is 1. The normalized spacial score (nSPS) is 15.4. The summed E-state index contributed by atoms with van der Waals surface area (Å²) in [5.74, 6) is -1.92. The first kappa shape index (κ1) is 27.4. The molecule has 0 spiro atoms. The minimum Gasteiger partial charge on any atom is -0.463 e. The molecule has 1 unspecified atom stereocenters. The second-order valence-electron chi connectivity index (χ2n) is 8.04. The number of benzene rings is 2. The van der Waals surface area contributed by atoms with Gasteiger partial charge in [0.15, 0.2) is 0 Å². The Balaban J connectivity index is 0.000000233. The fraction of sp³-hybridized carbons (Fsp3) is 0.280. The molecule has 0 radical (unpaired) electrons. The summed E-state index contributed by atoms with van der Waals surface area (Å²) in [6.07, 6.45) is -3.91. The van der Waals surface area contributed by atoms with Crippen molar-refractivity contribution in [2.24, 2.45) is 0 Å². The van der Waals surface area contributed by atoms with E-state index < -0.39 is 17.9 Å². The van der Waals surface area contributed by atoms with E-state index in [1.54, 1.807) is 0 Å². The zero-order valence-electron chi connectivity index (χ0n) is 19.8. The number of aromatic nitrogens is 1. The van der Waals surface area contributed by atoms with Crippen LogP contribution in [0.5, 0.6) is 5.75 Å². The Kier molecular flexibility index (Phi) is 8.64. The molecule has 1 atom stereocenters. The average Bonchev–Trinajstić information content (AvgIpc) is 2.83. The molecule has 0 bridgehead atoms. The van der Waals surface area contributed by atoms with Crippen molar-refractivity contribution in [2.45, 2.75) is 38.7 Å². The summed E-state index contributed by atoms with van der Waals surface area (Å²) in [5.41, 5.74) is 3.20. The Morgan fingerprint density at radius 3 is 2.57 bits per heavy atom. The summed E-state index contributed by atoms with van der Waals surface area (Å²) < 4.78 is 56.4. The van der Waals surface area contributed by atoms with Crippen molar-refractivity contribution in [2.75, 3.05) is 12.4 Å². The van der Waals surface area contributed by atoms with Gasteiger partial charge in [0.25, 0.3) is 6.47 Å². The highest BCUT2D eigenvalue weighted by Gasteiger charge is 2.31. The maximum atomic E-state index is 12.8. The van der Waals surface area contributed by atoms with E-state index in [9.17, 15) is 31.9 Å². The van der Waals surface area contributed by atoms with Crippen LogP contribution in [-0.4, -0.2) is 36.7 Å². The first-order valence-electron chi connectivity index (χ1n) is 11.0. The SMILES string of the molecule is CNc1cc(OC(F)(F)F)ccc1F.Cc1nc2cc(COC=O)ccc2cc1C1CCC(=O)NC1=O. The lowest BCUT2D eigenvalue weighted by molar-refractivity contribution is -0.274. The molecule has 1 fully saturated rings. The predicted molar refractivity (Wildman–Crippen MR) is 125 cm³/mol. The highest BCUT2D eigenvalue weighted by atomic mass is 19.4. The zero-order valence-corrected chi connectivity index (χ0v) is 19.8. The van der Waals surface area contributed by atoms with E-state index in [0.717, 1.165) is 45.9 Å². The lowest BCUT2D eigenvalue weighted by Crippen LogP contribution is -2.39. The number of halogens is 4. The van der Waals surface area contributed by atoms with Crippen LogP contribution in [0.25, 0.3) is 10.9 Å². The van der Waals surface area contributed by atoms with Gasteiger partial charge in [-0.05, 0) is 48.7 Å². The van der Waals surface area contributed by atoms with Crippen LogP contribution in [0.3, 0.4) is 0 Å². The molecular weight excluding hydrogens is 498 g/mol. The standard InChI is InChI=1S/C17H16N2O4.C8H7F4NO/c1-10-14(13-4-5-16(21)19-17(13)22)7-12-3-2-11(8-23-9-20)6-15(12)18-10;1-13-7-4-5(2-3-6(7)9)14-8(10,11)12/h2-3,6-7,9,13H,4-5,8H2,1H3,(H,19,21,22);2-4,13H,1H3. The number of alkyl halides is 3. The summed E-state index contributed by atoms with van der Waals surface area (Å²) >= 11 is 0. The number of pyridine rings is 1. The van der Waals surface area contributed by atoms with Crippen LogP contribution in [0.15, 0.2) is 42.5 Å². The Labute approximate surface area is 209 Å². The Morgan fingerprint density at radius 1 is 1.16 bits per heavy atom. The number of carbonyl (C=O) groups excluding carboxylic acids is 3. The molecule has 0 aliphatic carbocycles. The van der Waals surface area contributed by atoms with E-state index >= 15 is 0 Å². The number of imide groups is 1. The van der Waals surface area contributed by atoms with Crippen molar-refractivity contribution in [3.63, 3.8) is 0 Å². The van der Waals surface area contributed by atoms with Crippen LogP contribution < -0.4 is 15.4 Å². The summed E-state index contributed by atoms with van der Waals surface area (Å²) in [6, 6.07) is 10.3. The maximum Gasteiger partial charge on any atom is 0.573 e. The van der Waals surface area contributed by atoms with E-state index in [2.05, 4.69) is 20.4 Å². The van der Waals surface area contributed by atoms with Gasteiger partial charge >= 0.3 is 6.36 Å². The number of nitrogens with one attached hydrogen (secondary N) is 2. The van der Waals surface area contributed by atoms with Gasteiger partial charge in [-0.1, -0.05) is 12.1 Å². The predicted octanol–water partition coefficient (Wildman–Crippen LogP) is 4.50. The second-order valence-corrected chi connectivity index (χ2v) is 8.04. The van der Waals surface area contributed by atoms with Gasteiger partial charge in [-0.25, -0.2) is 4.39 Å². The quantitative estimate of drug-likeness (QED) is 0.279. The molecule has 2 heterocycles. The number of aryl methyl sites for hydroxylation is 1. The minimum absolute atomic E-state index is 0.0493. The number of hydrogen-bond donors (Lipinski definition) is 2. The van der Waals surface area contributed by atoms with E-state index in [-0.39, 0.29) is 30.0 Å². The minimum atomic E-state index is -4.76.